The smallest absolute Gasteiger partial charge is 0.0191 e. The second-order valence-corrected chi connectivity index (χ2v) is 2.82. The first-order valence-electron chi connectivity index (χ1n) is 4.25. The summed E-state index contributed by atoms with van der Waals surface area (Å²) < 4.78 is 0. The van der Waals surface area contributed by atoms with Crippen LogP contribution in [0.25, 0.3) is 6.08 Å². The molecule has 0 aliphatic carbocycles. The molecule has 0 unspecified atom stereocenters. The molecule has 1 aromatic heterocycles. The zero-order valence-electron chi connectivity index (χ0n) is 7.72. The highest BCUT2D eigenvalue weighted by atomic mass is 14.7. The highest BCUT2D eigenvalue weighted by Gasteiger charge is 1.98. The average Bonchev–Trinajstić information content (AvgIpc) is 2.43. The van der Waals surface area contributed by atoms with Crippen molar-refractivity contribution in [2.45, 2.75) is 20.3 Å². The van der Waals surface area contributed by atoms with Crippen LogP contribution in [0, 0.1) is 6.92 Å². The number of hydrogen-bond acceptors (Lipinski definition) is 0. The molecule has 12 heavy (non-hydrogen) atoms. The van der Waals surface area contributed by atoms with Crippen molar-refractivity contribution in [1.82, 2.24) is 4.98 Å². The molecule has 1 aromatic rings. The summed E-state index contributed by atoms with van der Waals surface area (Å²) >= 11 is 0. The SMILES string of the molecule is C=C/C=C\c1cc(CC)[nH]c1C. The van der Waals surface area contributed by atoms with Crippen LogP contribution in [0.4, 0.5) is 0 Å². The van der Waals surface area contributed by atoms with E-state index in [1.165, 1.54) is 17.0 Å². The Morgan fingerprint density at radius 2 is 2.33 bits per heavy atom. The van der Waals surface area contributed by atoms with E-state index in [1.54, 1.807) is 6.08 Å². The molecular formula is C11H15N. The lowest BCUT2D eigenvalue weighted by Crippen LogP contribution is -1.77. The maximum atomic E-state index is 3.64. The third-order valence-electron chi connectivity index (χ3n) is 1.90. The molecule has 0 aliphatic rings. The molecule has 1 N–H and O–H groups in total. The molecular weight excluding hydrogens is 146 g/mol. The standard InChI is InChI=1S/C11H15N/c1-4-6-7-10-8-11(5-2)12-9(10)3/h4,6-8,12H,1,5H2,2-3H3/b7-6-. The molecule has 1 rings (SSSR count). The van der Waals surface area contributed by atoms with Crippen LogP contribution >= 0.6 is 0 Å². The van der Waals surface area contributed by atoms with Gasteiger partial charge in [0, 0.05) is 11.4 Å². The maximum absolute atomic E-state index is 3.64. The van der Waals surface area contributed by atoms with Crippen molar-refractivity contribution in [3.05, 3.63) is 41.7 Å². The molecule has 1 nitrogen and oxygen atoms in total. The monoisotopic (exact) mass is 161 g/mol. The maximum Gasteiger partial charge on any atom is 0.0191 e. The highest BCUT2D eigenvalue weighted by molar-refractivity contribution is 5.54. The summed E-state index contributed by atoms with van der Waals surface area (Å²) in [5.74, 6) is 0. The molecule has 0 saturated carbocycles. The number of nitrogens with one attached hydrogen (secondary N) is 1. The minimum Gasteiger partial charge on any atom is -0.362 e. The van der Waals surface area contributed by atoms with E-state index in [1.807, 2.05) is 6.08 Å². The summed E-state index contributed by atoms with van der Waals surface area (Å²) in [7, 11) is 0. The van der Waals surface area contributed by atoms with E-state index < -0.39 is 0 Å². The van der Waals surface area contributed by atoms with Gasteiger partial charge in [0.1, 0.15) is 0 Å². The normalized spacial score (nSPS) is 10.8. The molecule has 64 valence electrons. The average molecular weight is 161 g/mol. The molecule has 0 aromatic carbocycles. The van der Waals surface area contributed by atoms with Crippen LogP contribution in [0.3, 0.4) is 0 Å². The first-order chi connectivity index (χ1) is 5.77. The Morgan fingerprint density at radius 1 is 1.58 bits per heavy atom. The lowest BCUT2D eigenvalue weighted by Gasteiger charge is -1.86. The number of H-pyrrole nitrogens is 1. The van der Waals surface area contributed by atoms with Crippen LogP contribution < -0.4 is 0 Å². The minimum atomic E-state index is 1.06. The zero-order chi connectivity index (χ0) is 8.97. The number of rotatable bonds is 3. The molecule has 0 bridgehead atoms. The quantitative estimate of drug-likeness (QED) is 0.656. The summed E-state index contributed by atoms with van der Waals surface area (Å²) in [5.41, 5.74) is 3.77. The van der Waals surface area contributed by atoms with E-state index in [4.69, 9.17) is 0 Å². The number of hydrogen-bond donors (Lipinski definition) is 1. The molecule has 1 heterocycles. The minimum absolute atomic E-state index is 1.06. The van der Waals surface area contributed by atoms with Gasteiger partial charge in [0.15, 0.2) is 0 Å². The fraction of sp³-hybridized carbons (Fsp3) is 0.273. The molecule has 0 amide bonds. The summed E-state index contributed by atoms with van der Waals surface area (Å²) in [6, 6.07) is 2.18. The van der Waals surface area contributed by atoms with E-state index in [-0.39, 0.29) is 0 Å². The van der Waals surface area contributed by atoms with Crippen molar-refractivity contribution in [2.24, 2.45) is 0 Å². The van der Waals surface area contributed by atoms with Gasteiger partial charge in [-0.2, -0.15) is 0 Å². The molecule has 0 saturated heterocycles. The van der Waals surface area contributed by atoms with Crippen LogP contribution in [-0.2, 0) is 6.42 Å². The van der Waals surface area contributed by atoms with E-state index in [0.717, 1.165) is 6.42 Å². The van der Waals surface area contributed by atoms with Crippen molar-refractivity contribution in [3.63, 3.8) is 0 Å². The largest absolute Gasteiger partial charge is 0.362 e. The lowest BCUT2D eigenvalue weighted by molar-refractivity contribution is 1.04. The third kappa shape index (κ3) is 1.88. The van der Waals surface area contributed by atoms with Gasteiger partial charge in [0.25, 0.3) is 0 Å². The van der Waals surface area contributed by atoms with Crippen LogP contribution in [0.2, 0.25) is 0 Å². The Bertz CT molecular complexity index is 292. The zero-order valence-corrected chi connectivity index (χ0v) is 7.72. The van der Waals surface area contributed by atoms with Gasteiger partial charge in [-0.1, -0.05) is 31.7 Å². The van der Waals surface area contributed by atoms with Gasteiger partial charge < -0.3 is 4.98 Å². The van der Waals surface area contributed by atoms with Crippen molar-refractivity contribution < 1.29 is 0 Å². The van der Waals surface area contributed by atoms with Crippen molar-refractivity contribution >= 4 is 6.08 Å². The van der Waals surface area contributed by atoms with E-state index >= 15 is 0 Å². The summed E-state index contributed by atoms with van der Waals surface area (Å²) in [6.07, 6.45) is 6.87. The van der Waals surface area contributed by atoms with Crippen molar-refractivity contribution in [3.8, 4) is 0 Å². The summed E-state index contributed by atoms with van der Waals surface area (Å²) in [4.78, 5) is 3.32. The Morgan fingerprint density at radius 3 is 2.83 bits per heavy atom. The van der Waals surface area contributed by atoms with Gasteiger partial charge in [-0.05, 0) is 25.0 Å². The van der Waals surface area contributed by atoms with Crippen LogP contribution in [0.15, 0.2) is 24.8 Å². The number of allylic oxidation sites excluding steroid dienone is 2. The Labute approximate surface area is 73.8 Å². The van der Waals surface area contributed by atoms with Gasteiger partial charge in [-0.3, -0.25) is 0 Å². The summed E-state index contributed by atoms with van der Waals surface area (Å²) in [6.45, 7) is 7.87. The first-order valence-corrected chi connectivity index (χ1v) is 4.25. The second kappa shape index (κ2) is 3.96. The van der Waals surface area contributed by atoms with E-state index in [0.29, 0.717) is 0 Å². The molecule has 0 aliphatic heterocycles. The van der Waals surface area contributed by atoms with Gasteiger partial charge in [0.05, 0.1) is 0 Å². The van der Waals surface area contributed by atoms with Crippen LogP contribution in [0.1, 0.15) is 23.9 Å². The molecule has 0 spiro atoms. The highest BCUT2D eigenvalue weighted by Crippen LogP contribution is 2.12. The van der Waals surface area contributed by atoms with Gasteiger partial charge in [-0.15, -0.1) is 0 Å². The predicted octanol–water partition coefficient (Wildman–Crippen LogP) is 3.08. The Kier molecular flexibility index (Phi) is 2.92. The molecule has 1 heteroatoms. The number of aryl methyl sites for hydroxylation is 2. The van der Waals surface area contributed by atoms with E-state index in [9.17, 15) is 0 Å². The van der Waals surface area contributed by atoms with Crippen molar-refractivity contribution in [1.29, 1.82) is 0 Å². The predicted molar refractivity (Wildman–Crippen MR) is 54.1 cm³/mol. The number of aromatic amines is 1. The summed E-state index contributed by atoms with van der Waals surface area (Å²) in [5, 5.41) is 0. The lowest BCUT2D eigenvalue weighted by atomic mass is 10.2. The molecule has 0 fully saturated rings. The first kappa shape index (κ1) is 8.85. The Balaban J connectivity index is 2.91. The van der Waals surface area contributed by atoms with Gasteiger partial charge in [0.2, 0.25) is 0 Å². The van der Waals surface area contributed by atoms with Gasteiger partial charge >= 0.3 is 0 Å². The number of aromatic nitrogens is 1. The fourth-order valence-corrected chi connectivity index (χ4v) is 1.18. The van der Waals surface area contributed by atoms with Gasteiger partial charge in [-0.25, -0.2) is 0 Å². The second-order valence-electron chi connectivity index (χ2n) is 2.82. The third-order valence-corrected chi connectivity index (χ3v) is 1.90. The molecule has 0 atom stereocenters. The van der Waals surface area contributed by atoms with E-state index in [2.05, 4.69) is 37.6 Å². The molecule has 0 radical (unpaired) electrons. The van der Waals surface area contributed by atoms with Crippen LogP contribution in [-0.4, -0.2) is 4.98 Å². The fourth-order valence-electron chi connectivity index (χ4n) is 1.18. The van der Waals surface area contributed by atoms with Crippen molar-refractivity contribution in [2.75, 3.05) is 0 Å². The Hall–Kier alpha value is -1.24. The van der Waals surface area contributed by atoms with Crippen LogP contribution in [0.5, 0.6) is 0 Å². The topological polar surface area (TPSA) is 15.8 Å².